The van der Waals surface area contributed by atoms with Crippen molar-refractivity contribution in [3.63, 3.8) is 0 Å². The molecule has 0 fully saturated rings. The number of nitrogens with zero attached hydrogens (tertiary/aromatic N) is 1. The van der Waals surface area contributed by atoms with Gasteiger partial charge in [0.15, 0.2) is 0 Å². The number of benzene rings is 1. The molecule has 2 unspecified atom stereocenters. The Bertz CT molecular complexity index is 956. The molecule has 12 heteroatoms. The number of amides is 4. The highest BCUT2D eigenvalue weighted by atomic mass is 16.6. The molecule has 1 aromatic carbocycles. The first-order valence-electron chi connectivity index (χ1n) is 11.1. The summed E-state index contributed by atoms with van der Waals surface area (Å²) in [4.78, 5) is 63.4. The second-order valence-electron chi connectivity index (χ2n) is 8.77. The molecule has 12 nitrogen and oxygen atoms in total. The summed E-state index contributed by atoms with van der Waals surface area (Å²) in [6.07, 6.45) is 0.0807. The van der Waals surface area contributed by atoms with Crippen LogP contribution < -0.4 is 16.4 Å². The minimum atomic E-state index is -1.29. The van der Waals surface area contributed by atoms with Crippen molar-refractivity contribution in [2.75, 3.05) is 20.2 Å². The first-order valence-corrected chi connectivity index (χ1v) is 11.1. The van der Waals surface area contributed by atoms with Crippen molar-refractivity contribution in [3.05, 3.63) is 42.5 Å². The average molecular weight is 507 g/mol. The quantitative estimate of drug-likeness (QED) is 0.238. The molecule has 0 aliphatic carbocycles. The lowest BCUT2D eigenvalue weighted by Gasteiger charge is -2.33. The highest BCUT2D eigenvalue weighted by Crippen LogP contribution is 2.25. The zero-order valence-electron chi connectivity index (χ0n) is 20.9. The summed E-state index contributed by atoms with van der Waals surface area (Å²) in [5.74, 6) is -2.93. The number of esters is 1. The predicted octanol–water partition coefficient (Wildman–Crippen LogP) is 0.896. The number of aromatic hydroxyl groups is 1. The zero-order valence-corrected chi connectivity index (χ0v) is 20.9. The first-order chi connectivity index (χ1) is 16.8. The van der Waals surface area contributed by atoms with Crippen LogP contribution in [0.1, 0.15) is 45.2 Å². The van der Waals surface area contributed by atoms with Gasteiger partial charge in [0.05, 0.1) is 7.11 Å². The second kappa shape index (κ2) is 13.7. The van der Waals surface area contributed by atoms with Crippen molar-refractivity contribution in [3.8, 4) is 5.75 Å². The van der Waals surface area contributed by atoms with E-state index in [1.54, 1.807) is 20.8 Å². The Morgan fingerprint density at radius 1 is 1.17 bits per heavy atom. The largest absolute Gasteiger partial charge is 0.508 e. The van der Waals surface area contributed by atoms with Crippen LogP contribution in [0.2, 0.25) is 0 Å². The van der Waals surface area contributed by atoms with Crippen LogP contribution in [0.4, 0.5) is 4.79 Å². The molecule has 198 valence electrons. The number of ether oxygens (including phenoxy) is 2. The molecule has 2 atom stereocenters. The SMILES string of the molecule is C=CCN(C(=O)C(CCC(N)=O)NC(=O)OC(C)(C)C)C(C(=O)NCC(=O)OC)c1ccc(O)cc1. The van der Waals surface area contributed by atoms with Gasteiger partial charge in [0.2, 0.25) is 17.7 Å². The highest BCUT2D eigenvalue weighted by Gasteiger charge is 2.36. The fourth-order valence-electron chi connectivity index (χ4n) is 3.11. The topological polar surface area (TPSA) is 177 Å². The molecule has 5 N–H and O–H groups in total. The van der Waals surface area contributed by atoms with Crippen LogP contribution in [-0.2, 0) is 28.7 Å². The Labute approximate surface area is 209 Å². The van der Waals surface area contributed by atoms with Gasteiger partial charge in [-0.3, -0.25) is 19.2 Å². The summed E-state index contributed by atoms with van der Waals surface area (Å²) >= 11 is 0. The molecule has 0 aliphatic heterocycles. The third kappa shape index (κ3) is 10.0. The molecule has 0 heterocycles. The Kier molecular flexibility index (Phi) is 11.4. The van der Waals surface area contributed by atoms with E-state index in [1.807, 2.05) is 0 Å². The average Bonchev–Trinajstić information content (AvgIpc) is 2.79. The summed E-state index contributed by atoms with van der Waals surface area (Å²) in [5.41, 5.74) is 4.69. The van der Waals surface area contributed by atoms with Crippen LogP contribution >= 0.6 is 0 Å². The minimum absolute atomic E-state index is 0.0695. The van der Waals surface area contributed by atoms with Gasteiger partial charge < -0.3 is 35.8 Å². The zero-order chi connectivity index (χ0) is 27.5. The van der Waals surface area contributed by atoms with E-state index < -0.39 is 54.0 Å². The maximum atomic E-state index is 13.7. The van der Waals surface area contributed by atoms with Crippen LogP contribution in [0, 0.1) is 0 Å². The first kappa shape index (κ1) is 29.9. The second-order valence-corrected chi connectivity index (χ2v) is 8.77. The number of alkyl carbamates (subject to hydrolysis) is 1. The highest BCUT2D eigenvalue weighted by molar-refractivity contribution is 5.93. The van der Waals surface area contributed by atoms with Gasteiger partial charge in [0.1, 0.15) is 30.0 Å². The third-order valence-electron chi connectivity index (χ3n) is 4.68. The van der Waals surface area contributed by atoms with Crippen molar-refractivity contribution >= 4 is 29.8 Å². The van der Waals surface area contributed by atoms with E-state index in [1.165, 1.54) is 30.3 Å². The number of rotatable bonds is 12. The summed E-state index contributed by atoms with van der Waals surface area (Å²) in [7, 11) is 1.16. The van der Waals surface area contributed by atoms with E-state index >= 15 is 0 Å². The van der Waals surface area contributed by atoms with Crippen molar-refractivity contribution in [1.82, 2.24) is 15.5 Å². The van der Waals surface area contributed by atoms with Crippen LogP contribution in [0.3, 0.4) is 0 Å². The van der Waals surface area contributed by atoms with Crippen LogP contribution in [0.15, 0.2) is 36.9 Å². The molecular weight excluding hydrogens is 472 g/mol. The molecule has 0 bridgehead atoms. The summed E-state index contributed by atoms with van der Waals surface area (Å²) in [6.45, 7) is 7.97. The van der Waals surface area contributed by atoms with E-state index in [0.717, 1.165) is 12.0 Å². The molecule has 1 aromatic rings. The number of hydrogen-bond acceptors (Lipinski definition) is 8. The van der Waals surface area contributed by atoms with Gasteiger partial charge >= 0.3 is 12.1 Å². The van der Waals surface area contributed by atoms with Crippen molar-refractivity contribution in [1.29, 1.82) is 0 Å². The van der Waals surface area contributed by atoms with E-state index in [2.05, 4.69) is 21.9 Å². The molecule has 0 spiro atoms. The molecular formula is C24H34N4O8. The lowest BCUT2D eigenvalue weighted by molar-refractivity contribution is -0.144. The number of phenols is 1. The van der Waals surface area contributed by atoms with Gasteiger partial charge in [0.25, 0.3) is 0 Å². The number of phenolic OH excluding ortho intramolecular Hbond substituents is 1. The molecule has 0 aliphatic rings. The molecule has 4 amide bonds. The molecule has 0 radical (unpaired) electrons. The number of primary amides is 1. The molecule has 36 heavy (non-hydrogen) atoms. The van der Waals surface area contributed by atoms with Crippen molar-refractivity contribution in [2.45, 2.75) is 51.3 Å². The van der Waals surface area contributed by atoms with Gasteiger partial charge in [-0.2, -0.15) is 0 Å². The Morgan fingerprint density at radius 3 is 2.28 bits per heavy atom. The lowest BCUT2D eigenvalue weighted by Crippen LogP contribution is -2.53. The molecule has 0 saturated heterocycles. The third-order valence-corrected chi connectivity index (χ3v) is 4.68. The monoisotopic (exact) mass is 506 g/mol. The van der Waals surface area contributed by atoms with Gasteiger partial charge in [-0.05, 0) is 44.9 Å². The number of hydrogen-bond donors (Lipinski definition) is 4. The number of methoxy groups -OCH3 is 1. The predicted molar refractivity (Wildman–Crippen MR) is 129 cm³/mol. The van der Waals surface area contributed by atoms with Gasteiger partial charge in [-0.15, -0.1) is 6.58 Å². The molecule has 1 rings (SSSR count). The van der Waals surface area contributed by atoms with E-state index in [4.69, 9.17) is 10.5 Å². The van der Waals surface area contributed by atoms with E-state index in [9.17, 15) is 29.1 Å². The lowest BCUT2D eigenvalue weighted by atomic mass is 10.0. The Balaban J connectivity index is 3.41. The summed E-state index contributed by atoms with van der Waals surface area (Å²) in [6, 6.07) is 2.95. The maximum Gasteiger partial charge on any atom is 0.408 e. The van der Waals surface area contributed by atoms with Gasteiger partial charge in [-0.25, -0.2) is 4.79 Å². The number of nitrogens with one attached hydrogen (secondary N) is 2. The summed E-state index contributed by atoms with van der Waals surface area (Å²) in [5, 5.41) is 14.5. The maximum absolute atomic E-state index is 13.7. The van der Waals surface area contributed by atoms with Crippen LogP contribution in [0.25, 0.3) is 0 Å². The number of carbonyl (C=O) groups excluding carboxylic acids is 5. The van der Waals surface area contributed by atoms with Gasteiger partial charge in [-0.1, -0.05) is 18.2 Å². The van der Waals surface area contributed by atoms with Crippen molar-refractivity contribution < 1.29 is 38.6 Å². The Hall–Kier alpha value is -4.09. The standard InChI is InChI=1S/C24H34N4O8/c1-6-13-28(22(33)17(11-12-18(25)30)27-23(34)36-24(2,3)4)20(15-7-9-16(29)10-8-15)21(32)26-14-19(31)35-5/h6-10,17,20,29H,1,11-14H2,2-5H3,(H2,25,30)(H,26,32)(H,27,34). The van der Waals surface area contributed by atoms with E-state index in [0.29, 0.717) is 5.56 Å². The Morgan fingerprint density at radius 2 is 1.78 bits per heavy atom. The minimum Gasteiger partial charge on any atom is -0.508 e. The smallest absolute Gasteiger partial charge is 0.408 e. The number of carbonyl (C=O) groups is 5. The fraction of sp³-hybridized carbons (Fsp3) is 0.458. The van der Waals surface area contributed by atoms with Crippen LogP contribution in [-0.4, -0.2) is 71.6 Å². The number of nitrogens with two attached hydrogens (primary N) is 1. The summed E-state index contributed by atoms with van der Waals surface area (Å²) < 4.78 is 9.78. The fourth-order valence-corrected chi connectivity index (χ4v) is 3.11. The normalized spacial score (nSPS) is 12.4. The van der Waals surface area contributed by atoms with Crippen molar-refractivity contribution in [2.24, 2.45) is 5.73 Å². The van der Waals surface area contributed by atoms with Gasteiger partial charge in [0, 0.05) is 13.0 Å². The van der Waals surface area contributed by atoms with Crippen LogP contribution in [0.5, 0.6) is 5.75 Å². The van der Waals surface area contributed by atoms with E-state index in [-0.39, 0.29) is 25.1 Å². The molecule has 0 aromatic heterocycles. The molecule has 0 saturated carbocycles.